The molecule has 0 aliphatic heterocycles. The van der Waals surface area contributed by atoms with Crippen LogP contribution >= 0.6 is 0 Å². The van der Waals surface area contributed by atoms with E-state index in [1.807, 2.05) is 13.8 Å². The van der Waals surface area contributed by atoms with Crippen molar-refractivity contribution in [1.82, 2.24) is 5.32 Å². The van der Waals surface area contributed by atoms with Gasteiger partial charge in [0.05, 0.1) is 13.5 Å². The summed E-state index contributed by atoms with van der Waals surface area (Å²) in [6.45, 7) is 4.06. The molecule has 0 saturated heterocycles. The molecule has 5 heteroatoms. The molecule has 106 valence electrons. The van der Waals surface area contributed by atoms with Crippen molar-refractivity contribution in [3.8, 4) is 5.75 Å². The van der Waals surface area contributed by atoms with E-state index < -0.39 is 5.82 Å². The molecule has 4 nitrogen and oxygen atoms in total. The second-order valence-corrected chi connectivity index (χ2v) is 5.24. The summed E-state index contributed by atoms with van der Waals surface area (Å²) < 4.78 is 18.2. The molecule has 0 saturated carbocycles. The molecule has 0 unspecified atom stereocenters. The summed E-state index contributed by atoms with van der Waals surface area (Å²) in [5.41, 5.74) is 0.221. The number of aliphatic hydroxyl groups excluding tert-OH is 1. The van der Waals surface area contributed by atoms with E-state index >= 15 is 0 Å². The normalized spacial score (nSPS) is 11.2. The summed E-state index contributed by atoms with van der Waals surface area (Å²) in [7, 11) is 1.39. The molecule has 1 aromatic rings. The predicted octanol–water partition coefficient (Wildman–Crippen LogP) is 1.51. The van der Waals surface area contributed by atoms with Gasteiger partial charge in [0.2, 0.25) is 5.91 Å². The van der Waals surface area contributed by atoms with Crippen molar-refractivity contribution in [2.45, 2.75) is 20.3 Å². The smallest absolute Gasteiger partial charge is 0.224 e. The fourth-order valence-electron chi connectivity index (χ4n) is 1.46. The zero-order chi connectivity index (χ0) is 14.5. The number of halogens is 1. The lowest BCUT2D eigenvalue weighted by Crippen LogP contribution is -2.36. The van der Waals surface area contributed by atoms with Crippen LogP contribution in [-0.2, 0) is 11.2 Å². The van der Waals surface area contributed by atoms with Crippen LogP contribution in [0.1, 0.15) is 19.4 Å². The lowest BCUT2D eigenvalue weighted by Gasteiger charge is -2.21. The van der Waals surface area contributed by atoms with Gasteiger partial charge in [-0.15, -0.1) is 0 Å². The topological polar surface area (TPSA) is 58.6 Å². The fourth-order valence-corrected chi connectivity index (χ4v) is 1.46. The number of carbonyl (C=O) groups is 1. The Morgan fingerprint density at radius 1 is 1.47 bits per heavy atom. The lowest BCUT2D eigenvalue weighted by atomic mass is 9.95. The molecule has 0 atom stereocenters. The van der Waals surface area contributed by atoms with E-state index in [2.05, 4.69) is 5.32 Å². The van der Waals surface area contributed by atoms with Crippen LogP contribution in [0, 0.1) is 11.2 Å². The summed E-state index contributed by atoms with van der Waals surface area (Å²) in [5, 5.41) is 11.8. The minimum absolute atomic E-state index is 0.00948. The number of amides is 1. The van der Waals surface area contributed by atoms with E-state index in [4.69, 9.17) is 9.84 Å². The van der Waals surface area contributed by atoms with Crippen LogP contribution in [0.2, 0.25) is 0 Å². The quantitative estimate of drug-likeness (QED) is 0.823. The molecule has 0 aliphatic rings. The van der Waals surface area contributed by atoms with Crippen molar-refractivity contribution >= 4 is 5.91 Å². The molecule has 0 fully saturated rings. The number of carbonyl (C=O) groups excluding carboxylic acids is 1. The highest BCUT2D eigenvalue weighted by molar-refractivity contribution is 5.78. The predicted molar refractivity (Wildman–Crippen MR) is 70.5 cm³/mol. The van der Waals surface area contributed by atoms with Crippen molar-refractivity contribution in [2.75, 3.05) is 20.3 Å². The number of hydrogen-bond acceptors (Lipinski definition) is 3. The Balaban J connectivity index is 2.55. The van der Waals surface area contributed by atoms with Crippen LogP contribution in [0.25, 0.3) is 0 Å². The summed E-state index contributed by atoms with van der Waals surface area (Å²) in [5.74, 6) is -0.528. The van der Waals surface area contributed by atoms with Gasteiger partial charge in [0, 0.05) is 18.6 Å². The third-order valence-corrected chi connectivity index (χ3v) is 2.77. The minimum atomic E-state index is -0.483. The first kappa shape index (κ1) is 15.4. The molecular weight excluding hydrogens is 249 g/mol. The highest BCUT2D eigenvalue weighted by Crippen LogP contribution is 2.18. The van der Waals surface area contributed by atoms with Crippen LogP contribution < -0.4 is 10.1 Å². The Labute approximate surface area is 112 Å². The van der Waals surface area contributed by atoms with Gasteiger partial charge in [0.1, 0.15) is 0 Å². The summed E-state index contributed by atoms with van der Waals surface area (Å²) >= 11 is 0. The maximum Gasteiger partial charge on any atom is 0.224 e. The largest absolute Gasteiger partial charge is 0.494 e. The van der Waals surface area contributed by atoms with Crippen molar-refractivity contribution in [3.05, 3.63) is 29.6 Å². The highest BCUT2D eigenvalue weighted by Gasteiger charge is 2.17. The summed E-state index contributed by atoms with van der Waals surface area (Å²) in [6, 6.07) is 4.43. The van der Waals surface area contributed by atoms with Gasteiger partial charge in [-0.1, -0.05) is 19.9 Å². The number of ether oxygens (including phenoxy) is 1. The standard InChI is InChI=1S/C14H20FNO3/c1-14(2,9-17)8-16-13(18)7-10-4-5-12(19-3)11(15)6-10/h4-6,17H,7-9H2,1-3H3,(H,16,18). The fraction of sp³-hybridized carbons (Fsp3) is 0.500. The van der Waals surface area contributed by atoms with E-state index in [0.717, 1.165) is 0 Å². The van der Waals surface area contributed by atoms with Gasteiger partial charge in [-0.05, 0) is 17.7 Å². The van der Waals surface area contributed by atoms with Gasteiger partial charge in [0.15, 0.2) is 11.6 Å². The molecule has 19 heavy (non-hydrogen) atoms. The maximum absolute atomic E-state index is 13.4. The Morgan fingerprint density at radius 2 is 2.16 bits per heavy atom. The minimum Gasteiger partial charge on any atom is -0.494 e. The molecule has 0 spiro atoms. The molecule has 1 amide bonds. The van der Waals surface area contributed by atoms with Gasteiger partial charge in [0.25, 0.3) is 0 Å². The molecule has 0 aromatic heterocycles. The van der Waals surface area contributed by atoms with E-state index in [0.29, 0.717) is 12.1 Å². The second-order valence-electron chi connectivity index (χ2n) is 5.24. The number of hydrogen-bond donors (Lipinski definition) is 2. The van der Waals surface area contributed by atoms with E-state index in [9.17, 15) is 9.18 Å². The zero-order valence-corrected chi connectivity index (χ0v) is 11.5. The second kappa shape index (κ2) is 6.52. The van der Waals surface area contributed by atoms with Crippen LogP contribution in [0.4, 0.5) is 4.39 Å². The van der Waals surface area contributed by atoms with Gasteiger partial charge >= 0.3 is 0 Å². The number of nitrogens with one attached hydrogen (secondary N) is 1. The number of aliphatic hydroxyl groups is 1. The Hall–Kier alpha value is -1.62. The van der Waals surface area contributed by atoms with Crippen LogP contribution in [0.5, 0.6) is 5.75 Å². The first-order valence-electron chi connectivity index (χ1n) is 6.08. The van der Waals surface area contributed by atoms with Crippen molar-refractivity contribution in [1.29, 1.82) is 0 Å². The zero-order valence-electron chi connectivity index (χ0n) is 11.5. The SMILES string of the molecule is COc1ccc(CC(=O)NCC(C)(C)CO)cc1F. The van der Waals surface area contributed by atoms with Crippen LogP contribution in [0.15, 0.2) is 18.2 Å². The van der Waals surface area contributed by atoms with Gasteiger partial charge in [-0.2, -0.15) is 0 Å². The maximum atomic E-state index is 13.4. The number of rotatable bonds is 6. The van der Waals surface area contributed by atoms with E-state index in [1.54, 1.807) is 6.07 Å². The monoisotopic (exact) mass is 269 g/mol. The van der Waals surface area contributed by atoms with Crippen molar-refractivity contribution < 1.29 is 19.0 Å². The molecule has 1 aromatic carbocycles. The third-order valence-electron chi connectivity index (χ3n) is 2.77. The number of benzene rings is 1. The highest BCUT2D eigenvalue weighted by atomic mass is 19.1. The van der Waals surface area contributed by atoms with Crippen LogP contribution in [-0.4, -0.2) is 31.3 Å². The first-order chi connectivity index (χ1) is 8.88. The molecule has 0 heterocycles. The third kappa shape index (κ3) is 4.87. The average molecular weight is 269 g/mol. The lowest BCUT2D eigenvalue weighted by molar-refractivity contribution is -0.121. The number of methoxy groups -OCH3 is 1. The molecule has 0 bridgehead atoms. The Morgan fingerprint density at radius 3 is 2.68 bits per heavy atom. The van der Waals surface area contributed by atoms with Crippen molar-refractivity contribution in [3.63, 3.8) is 0 Å². The van der Waals surface area contributed by atoms with Gasteiger partial charge in [-0.25, -0.2) is 4.39 Å². The molecule has 0 radical (unpaired) electrons. The Bertz CT molecular complexity index is 446. The molecule has 0 aliphatic carbocycles. The Kier molecular flexibility index (Phi) is 5.30. The van der Waals surface area contributed by atoms with Gasteiger partial charge in [-0.3, -0.25) is 4.79 Å². The molecule has 1 rings (SSSR count). The van der Waals surface area contributed by atoms with Crippen LogP contribution in [0.3, 0.4) is 0 Å². The summed E-state index contributed by atoms with van der Waals surface area (Å²) in [4.78, 5) is 11.7. The van der Waals surface area contributed by atoms with E-state index in [1.165, 1.54) is 19.2 Å². The summed E-state index contributed by atoms with van der Waals surface area (Å²) in [6.07, 6.45) is 0.0996. The van der Waals surface area contributed by atoms with Crippen molar-refractivity contribution in [2.24, 2.45) is 5.41 Å². The average Bonchev–Trinajstić information content (AvgIpc) is 2.37. The molecular formula is C14H20FNO3. The van der Waals surface area contributed by atoms with E-state index in [-0.39, 0.29) is 30.1 Å². The van der Waals surface area contributed by atoms with Gasteiger partial charge < -0.3 is 15.2 Å². The molecule has 2 N–H and O–H groups in total. The first-order valence-corrected chi connectivity index (χ1v) is 6.08.